The van der Waals surface area contributed by atoms with E-state index in [-0.39, 0.29) is 38.1 Å². The highest BCUT2D eigenvalue weighted by molar-refractivity contribution is 5.85. The quantitative estimate of drug-likeness (QED) is 0.548. The SMILES string of the molecule is C=CCOC(=O)C(CN)NC(=O)OCC1c2ccccc2-c2ccccc21.Cl. The molecule has 6 nitrogen and oxygen atoms in total. The highest BCUT2D eigenvalue weighted by atomic mass is 35.5. The molecular formula is C21H23ClN2O4. The Balaban J connectivity index is 0.00000280. The van der Waals surface area contributed by atoms with Crippen LogP contribution in [0.1, 0.15) is 17.0 Å². The Bertz CT molecular complexity index is 810. The van der Waals surface area contributed by atoms with E-state index in [0.717, 1.165) is 22.3 Å². The molecule has 0 bridgehead atoms. The van der Waals surface area contributed by atoms with Gasteiger partial charge in [-0.1, -0.05) is 61.2 Å². The van der Waals surface area contributed by atoms with Crippen molar-refractivity contribution in [1.82, 2.24) is 5.32 Å². The third kappa shape index (κ3) is 4.52. The van der Waals surface area contributed by atoms with Crippen molar-refractivity contribution in [2.75, 3.05) is 19.8 Å². The van der Waals surface area contributed by atoms with Crippen LogP contribution in [0.3, 0.4) is 0 Å². The molecule has 3 N–H and O–H groups in total. The van der Waals surface area contributed by atoms with Crippen LogP contribution in [0.15, 0.2) is 61.2 Å². The number of rotatable bonds is 7. The molecule has 1 amide bonds. The van der Waals surface area contributed by atoms with Crippen LogP contribution in [-0.2, 0) is 14.3 Å². The predicted octanol–water partition coefficient (Wildman–Crippen LogP) is 3.00. The molecule has 0 heterocycles. The number of carbonyl (C=O) groups excluding carboxylic acids is 2. The molecule has 2 aromatic rings. The average Bonchev–Trinajstić information content (AvgIpc) is 3.02. The summed E-state index contributed by atoms with van der Waals surface area (Å²) >= 11 is 0. The Morgan fingerprint density at radius 1 is 1.07 bits per heavy atom. The number of fused-ring (bicyclic) bond motifs is 3. The first-order valence-electron chi connectivity index (χ1n) is 8.74. The number of hydrogen-bond acceptors (Lipinski definition) is 5. The summed E-state index contributed by atoms with van der Waals surface area (Å²) in [5, 5.41) is 2.45. The van der Waals surface area contributed by atoms with Crippen LogP contribution in [-0.4, -0.2) is 37.9 Å². The van der Waals surface area contributed by atoms with Gasteiger partial charge < -0.3 is 20.5 Å². The highest BCUT2D eigenvalue weighted by Gasteiger charge is 2.29. The molecule has 0 spiro atoms. The van der Waals surface area contributed by atoms with Gasteiger partial charge in [-0.15, -0.1) is 12.4 Å². The van der Waals surface area contributed by atoms with E-state index in [9.17, 15) is 9.59 Å². The van der Waals surface area contributed by atoms with Crippen molar-refractivity contribution >= 4 is 24.5 Å². The van der Waals surface area contributed by atoms with Gasteiger partial charge in [0.25, 0.3) is 0 Å². The van der Waals surface area contributed by atoms with Crippen LogP contribution >= 0.6 is 12.4 Å². The monoisotopic (exact) mass is 402 g/mol. The Kier molecular flexibility index (Phi) is 7.61. The summed E-state index contributed by atoms with van der Waals surface area (Å²) in [4.78, 5) is 24.0. The van der Waals surface area contributed by atoms with E-state index in [4.69, 9.17) is 15.2 Å². The van der Waals surface area contributed by atoms with E-state index in [0.29, 0.717) is 0 Å². The van der Waals surface area contributed by atoms with Gasteiger partial charge in [0, 0.05) is 12.5 Å². The molecule has 2 aromatic carbocycles. The van der Waals surface area contributed by atoms with Gasteiger partial charge in [-0.3, -0.25) is 0 Å². The Labute approximate surface area is 170 Å². The number of esters is 1. The maximum atomic E-state index is 12.2. The molecule has 0 radical (unpaired) electrons. The van der Waals surface area contributed by atoms with Crippen molar-refractivity contribution in [2.45, 2.75) is 12.0 Å². The summed E-state index contributed by atoms with van der Waals surface area (Å²) in [6.45, 7) is 3.61. The van der Waals surface area contributed by atoms with E-state index < -0.39 is 18.1 Å². The zero-order valence-corrected chi connectivity index (χ0v) is 16.1. The fraction of sp³-hybridized carbons (Fsp3) is 0.238. The first-order valence-corrected chi connectivity index (χ1v) is 8.74. The molecule has 0 aromatic heterocycles. The Morgan fingerprint density at radius 2 is 1.64 bits per heavy atom. The number of benzene rings is 2. The van der Waals surface area contributed by atoms with Crippen molar-refractivity contribution < 1.29 is 19.1 Å². The van der Waals surface area contributed by atoms with Crippen LogP contribution in [0.5, 0.6) is 0 Å². The molecule has 0 fully saturated rings. The van der Waals surface area contributed by atoms with E-state index in [1.807, 2.05) is 36.4 Å². The van der Waals surface area contributed by atoms with Gasteiger partial charge in [0.1, 0.15) is 19.3 Å². The first-order chi connectivity index (χ1) is 13.2. The summed E-state index contributed by atoms with van der Waals surface area (Å²) in [7, 11) is 0. The lowest BCUT2D eigenvalue weighted by Crippen LogP contribution is -2.47. The van der Waals surface area contributed by atoms with Crippen molar-refractivity contribution in [1.29, 1.82) is 0 Å². The van der Waals surface area contributed by atoms with Gasteiger partial charge in [0.2, 0.25) is 0 Å². The number of amides is 1. The maximum absolute atomic E-state index is 12.2. The third-order valence-electron chi connectivity index (χ3n) is 4.50. The molecule has 148 valence electrons. The van der Waals surface area contributed by atoms with Gasteiger partial charge in [-0.2, -0.15) is 0 Å². The maximum Gasteiger partial charge on any atom is 0.407 e. The van der Waals surface area contributed by atoms with Gasteiger partial charge in [0.15, 0.2) is 0 Å². The number of nitrogens with two attached hydrogens (primary N) is 1. The lowest BCUT2D eigenvalue weighted by atomic mass is 9.98. The predicted molar refractivity (Wildman–Crippen MR) is 109 cm³/mol. The van der Waals surface area contributed by atoms with Gasteiger partial charge >= 0.3 is 12.1 Å². The van der Waals surface area contributed by atoms with Gasteiger partial charge in [-0.05, 0) is 22.3 Å². The summed E-state index contributed by atoms with van der Waals surface area (Å²) in [5.41, 5.74) is 10.1. The minimum atomic E-state index is -0.958. The minimum absolute atomic E-state index is 0. The smallest absolute Gasteiger partial charge is 0.407 e. The van der Waals surface area contributed by atoms with Crippen molar-refractivity contribution in [3.8, 4) is 11.1 Å². The normalized spacial score (nSPS) is 12.8. The average molecular weight is 403 g/mol. The van der Waals surface area contributed by atoms with E-state index in [2.05, 4.69) is 24.0 Å². The summed E-state index contributed by atoms with van der Waals surface area (Å²) in [6, 6.07) is 15.2. The lowest BCUT2D eigenvalue weighted by molar-refractivity contribution is -0.144. The molecule has 28 heavy (non-hydrogen) atoms. The molecule has 1 aliphatic rings. The van der Waals surface area contributed by atoms with E-state index >= 15 is 0 Å². The first kappa shape index (κ1) is 21.5. The van der Waals surface area contributed by atoms with Gasteiger partial charge in [-0.25, -0.2) is 9.59 Å². The zero-order chi connectivity index (χ0) is 19.2. The minimum Gasteiger partial charge on any atom is -0.460 e. The summed E-state index contributed by atoms with van der Waals surface area (Å²) in [5.74, 6) is -0.668. The second kappa shape index (κ2) is 9.92. The molecule has 7 heteroatoms. The number of ether oxygens (including phenoxy) is 2. The lowest BCUT2D eigenvalue weighted by Gasteiger charge is -2.17. The van der Waals surface area contributed by atoms with Crippen molar-refractivity contribution in [2.24, 2.45) is 5.73 Å². The molecule has 0 saturated heterocycles. The number of hydrogen-bond donors (Lipinski definition) is 2. The highest BCUT2D eigenvalue weighted by Crippen LogP contribution is 2.44. The van der Waals surface area contributed by atoms with Crippen LogP contribution in [0, 0.1) is 0 Å². The molecule has 0 saturated carbocycles. The number of carbonyl (C=O) groups is 2. The standard InChI is InChI=1S/C21H22N2O4.ClH/c1-2-11-26-20(24)19(12-22)23-21(25)27-13-18-16-9-5-3-7-14(16)15-8-4-6-10-17(15)18;/h2-10,18-19H,1,11-13,22H2,(H,23,25);1H. The Morgan fingerprint density at radius 3 is 2.18 bits per heavy atom. The molecule has 1 aliphatic carbocycles. The molecular weight excluding hydrogens is 380 g/mol. The van der Waals surface area contributed by atoms with Crippen molar-refractivity contribution in [3.05, 3.63) is 72.3 Å². The van der Waals surface area contributed by atoms with Crippen LogP contribution in [0.4, 0.5) is 4.79 Å². The largest absolute Gasteiger partial charge is 0.460 e. The second-order valence-electron chi connectivity index (χ2n) is 6.18. The fourth-order valence-corrected chi connectivity index (χ4v) is 3.24. The fourth-order valence-electron chi connectivity index (χ4n) is 3.24. The van der Waals surface area contributed by atoms with E-state index in [1.54, 1.807) is 0 Å². The summed E-state index contributed by atoms with van der Waals surface area (Å²) < 4.78 is 10.3. The third-order valence-corrected chi connectivity index (χ3v) is 4.50. The van der Waals surface area contributed by atoms with Crippen LogP contribution in [0.2, 0.25) is 0 Å². The molecule has 1 unspecified atom stereocenters. The van der Waals surface area contributed by atoms with E-state index in [1.165, 1.54) is 6.08 Å². The van der Waals surface area contributed by atoms with Crippen molar-refractivity contribution in [3.63, 3.8) is 0 Å². The number of halogens is 1. The topological polar surface area (TPSA) is 90.6 Å². The van der Waals surface area contributed by atoms with Gasteiger partial charge in [0.05, 0.1) is 0 Å². The second-order valence-corrected chi connectivity index (χ2v) is 6.18. The van der Waals surface area contributed by atoms with Crippen LogP contribution < -0.4 is 11.1 Å². The molecule has 1 atom stereocenters. The molecule has 0 aliphatic heterocycles. The molecule has 3 rings (SSSR count). The number of alkyl carbamates (subject to hydrolysis) is 1. The number of nitrogens with one attached hydrogen (secondary N) is 1. The summed E-state index contributed by atoms with van der Waals surface area (Å²) in [6.07, 6.45) is 0.738. The van der Waals surface area contributed by atoms with Crippen LogP contribution in [0.25, 0.3) is 11.1 Å². The zero-order valence-electron chi connectivity index (χ0n) is 15.3. The Hall–Kier alpha value is -2.83.